The van der Waals surface area contributed by atoms with Gasteiger partial charge in [0.15, 0.2) is 0 Å². The minimum Gasteiger partial charge on any atom is -0.461 e. The molecular formula is C15H16F6O8. The predicted molar refractivity (Wildman–Crippen MR) is 78.9 cm³/mol. The van der Waals surface area contributed by atoms with Gasteiger partial charge in [0.1, 0.15) is 31.8 Å². The number of hydrogen-bond donors (Lipinski definition) is 0. The Morgan fingerprint density at radius 1 is 0.724 bits per heavy atom. The molecule has 0 N–H and O–H groups in total. The van der Waals surface area contributed by atoms with Crippen molar-refractivity contribution in [2.75, 3.05) is 26.4 Å². The van der Waals surface area contributed by atoms with Gasteiger partial charge in [-0.25, -0.2) is 14.4 Å². The number of carbonyl (C=O) groups is 4. The Bertz CT molecular complexity index is 622. The van der Waals surface area contributed by atoms with E-state index in [2.05, 4.69) is 25.5 Å². The average molecular weight is 438 g/mol. The fourth-order valence-corrected chi connectivity index (χ4v) is 1.34. The highest BCUT2D eigenvalue weighted by atomic mass is 19.4. The largest absolute Gasteiger partial charge is 0.490 e. The lowest BCUT2D eigenvalue weighted by molar-refractivity contribution is -0.211. The summed E-state index contributed by atoms with van der Waals surface area (Å²) in [6.45, 7) is 1.33. The summed E-state index contributed by atoms with van der Waals surface area (Å²) in [4.78, 5) is 44.7. The predicted octanol–water partition coefficient (Wildman–Crippen LogP) is 1.87. The molecule has 0 unspecified atom stereocenters. The molecule has 0 aromatic heterocycles. The van der Waals surface area contributed by atoms with Crippen molar-refractivity contribution >= 4 is 23.9 Å². The van der Waals surface area contributed by atoms with Crippen molar-refractivity contribution in [3.63, 3.8) is 0 Å². The molecule has 0 aliphatic heterocycles. The summed E-state index contributed by atoms with van der Waals surface area (Å²) < 4.78 is 90.1. The molecular weight excluding hydrogens is 422 g/mol. The number of carbonyl (C=O) groups excluding carboxylic acids is 4. The van der Waals surface area contributed by atoms with E-state index in [0.29, 0.717) is 0 Å². The lowest BCUT2D eigenvalue weighted by Crippen LogP contribution is -2.43. The first-order valence-corrected chi connectivity index (χ1v) is 7.48. The molecule has 166 valence electrons. The van der Waals surface area contributed by atoms with E-state index in [4.69, 9.17) is 0 Å². The molecule has 0 radical (unpaired) electrons. The van der Waals surface area contributed by atoms with E-state index in [1.54, 1.807) is 0 Å². The molecule has 0 saturated carbocycles. The SMILES string of the molecule is C=C(C)C(=O)OCCOC(=O)C(C)(COC(=O)C(F)(F)F)COC(=O)C(F)(F)F. The van der Waals surface area contributed by atoms with Crippen molar-refractivity contribution in [2.45, 2.75) is 26.2 Å². The van der Waals surface area contributed by atoms with E-state index in [1.165, 1.54) is 6.92 Å². The van der Waals surface area contributed by atoms with Crippen LogP contribution >= 0.6 is 0 Å². The Labute approximate surface area is 159 Å². The van der Waals surface area contributed by atoms with Gasteiger partial charge in [0.2, 0.25) is 0 Å². The fourth-order valence-electron chi connectivity index (χ4n) is 1.34. The molecule has 0 fully saturated rings. The highest BCUT2D eigenvalue weighted by Gasteiger charge is 2.47. The van der Waals surface area contributed by atoms with Gasteiger partial charge >= 0.3 is 36.2 Å². The van der Waals surface area contributed by atoms with E-state index in [9.17, 15) is 45.5 Å². The summed E-state index contributed by atoms with van der Waals surface area (Å²) in [6.07, 6.45) is -10.9. The van der Waals surface area contributed by atoms with Crippen LogP contribution in [0.4, 0.5) is 26.3 Å². The normalized spacial score (nSPS) is 12.0. The van der Waals surface area contributed by atoms with Crippen molar-refractivity contribution in [1.82, 2.24) is 0 Å². The number of alkyl halides is 6. The molecule has 0 saturated heterocycles. The van der Waals surface area contributed by atoms with E-state index in [0.717, 1.165) is 6.92 Å². The Kier molecular flexibility index (Phi) is 9.14. The quantitative estimate of drug-likeness (QED) is 0.177. The van der Waals surface area contributed by atoms with Gasteiger partial charge < -0.3 is 18.9 Å². The molecule has 0 atom stereocenters. The third-order valence-electron chi connectivity index (χ3n) is 2.90. The Balaban J connectivity index is 5.07. The highest BCUT2D eigenvalue weighted by Crippen LogP contribution is 2.25. The lowest BCUT2D eigenvalue weighted by Gasteiger charge is -2.26. The highest BCUT2D eigenvalue weighted by molar-refractivity contribution is 5.87. The van der Waals surface area contributed by atoms with E-state index in [-0.39, 0.29) is 5.57 Å². The van der Waals surface area contributed by atoms with Gasteiger partial charge in [0, 0.05) is 5.57 Å². The molecule has 0 aliphatic carbocycles. The zero-order valence-electron chi connectivity index (χ0n) is 15.1. The minimum absolute atomic E-state index is 0.0132. The summed E-state index contributed by atoms with van der Waals surface area (Å²) >= 11 is 0. The van der Waals surface area contributed by atoms with Crippen LogP contribution in [0.2, 0.25) is 0 Å². The first-order chi connectivity index (χ1) is 13.0. The smallest absolute Gasteiger partial charge is 0.461 e. The topological polar surface area (TPSA) is 105 Å². The van der Waals surface area contributed by atoms with Crippen LogP contribution in [0.1, 0.15) is 13.8 Å². The van der Waals surface area contributed by atoms with Crippen molar-refractivity contribution in [3.8, 4) is 0 Å². The van der Waals surface area contributed by atoms with E-state index >= 15 is 0 Å². The second kappa shape index (κ2) is 10.1. The molecule has 0 aliphatic rings. The molecule has 0 aromatic carbocycles. The van der Waals surface area contributed by atoms with E-state index in [1.807, 2.05) is 0 Å². The molecule has 29 heavy (non-hydrogen) atoms. The maximum absolute atomic E-state index is 12.2. The van der Waals surface area contributed by atoms with Crippen LogP contribution in [0.15, 0.2) is 12.2 Å². The van der Waals surface area contributed by atoms with Gasteiger partial charge in [0.25, 0.3) is 0 Å². The summed E-state index contributed by atoms with van der Waals surface area (Å²) in [5.41, 5.74) is -2.40. The number of hydrogen-bond acceptors (Lipinski definition) is 8. The summed E-state index contributed by atoms with van der Waals surface area (Å²) in [5, 5.41) is 0. The van der Waals surface area contributed by atoms with Crippen LogP contribution in [-0.4, -0.2) is 62.7 Å². The molecule has 8 nitrogen and oxygen atoms in total. The molecule has 0 rings (SSSR count). The van der Waals surface area contributed by atoms with Gasteiger partial charge in [0.05, 0.1) is 0 Å². The van der Waals surface area contributed by atoms with Crippen LogP contribution in [0.5, 0.6) is 0 Å². The molecule has 0 aromatic rings. The van der Waals surface area contributed by atoms with Crippen molar-refractivity contribution in [1.29, 1.82) is 0 Å². The van der Waals surface area contributed by atoms with Crippen molar-refractivity contribution < 1.29 is 64.5 Å². The van der Waals surface area contributed by atoms with Crippen LogP contribution in [-0.2, 0) is 38.1 Å². The van der Waals surface area contributed by atoms with Gasteiger partial charge in [-0.3, -0.25) is 4.79 Å². The number of rotatable bonds is 9. The summed E-state index contributed by atoms with van der Waals surface area (Å²) in [7, 11) is 0. The van der Waals surface area contributed by atoms with Crippen molar-refractivity contribution in [2.24, 2.45) is 5.41 Å². The number of esters is 4. The van der Waals surface area contributed by atoms with E-state index < -0.39 is 68.1 Å². The molecule has 0 heterocycles. The molecule has 0 spiro atoms. The number of ether oxygens (including phenoxy) is 4. The minimum atomic E-state index is -5.44. The summed E-state index contributed by atoms with van der Waals surface area (Å²) in [5.74, 6) is -7.78. The average Bonchev–Trinajstić information content (AvgIpc) is 2.58. The zero-order valence-corrected chi connectivity index (χ0v) is 15.1. The molecule has 0 bridgehead atoms. The molecule has 0 amide bonds. The zero-order chi connectivity index (χ0) is 23.0. The van der Waals surface area contributed by atoms with Crippen LogP contribution in [0.3, 0.4) is 0 Å². The fraction of sp³-hybridized carbons (Fsp3) is 0.600. The second-order valence-electron chi connectivity index (χ2n) is 5.76. The first-order valence-electron chi connectivity index (χ1n) is 7.48. The first kappa shape index (κ1) is 26.2. The van der Waals surface area contributed by atoms with Crippen LogP contribution < -0.4 is 0 Å². The second-order valence-corrected chi connectivity index (χ2v) is 5.76. The Hall–Kier alpha value is -2.80. The maximum atomic E-state index is 12.2. The van der Waals surface area contributed by atoms with Gasteiger partial charge in [-0.2, -0.15) is 26.3 Å². The Morgan fingerprint density at radius 2 is 1.10 bits per heavy atom. The van der Waals surface area contributed by atoms with Crippen molar-refractivity contribution in [3.05, 3.63) is 12.2 Å². The lowest BCUT2D eigenvalue weighted by atomic mass is 9.93. The molecule has 14 heteroatoms. The monoisotopic (exact) mass is 438 g/mol. The van der Waals surface area contributed by atoms with Gasteiger partial charge in [-0.1, -0.05) is 6.58 Å². The maximum Gasteiger partial charge on any atom is 0.490 e. The third-order valence-corrected chi connectivity index (χ3v) is 2.90. The standard InChI is InChI=1S/C15H16F6O8/c1-8(2)9(22)26-4-5-27-10(23)13(3,6-28-11(24)14(16,17)18)7-29-12(25)15(19,20)21/h1,4-7H2,2-3H3. The van der Waals surface area contributed by atoms with Gasteiger partial charge in [-0.15, -0.1) is 0 Å². The van der Waals surface area contributed by atoms with Gasteiger partial charge in [-0.05, 0) is 13.8 Å². The van der Waals surface area contributed by atoms with Crippen LogP contribution in [0, 0.1) is 5.41 Å². The summed E-state index contributed by atoms with van der Waals surface area (Å²) in [6, 6.07) is 0. The third kappa shape index (κ3) is 9.30. The number of halogens is 6. The Morgan fingerprint density at radius 3 is 1.45 bits per heavy atom. The van der Waals surface area contributed by atoms with Crippen LogP contribution in [0.25, 0.3) is 0 Å².